The second-order valence-electron chi connectivity index (χ2n) is 5.92. The van der Waals surface area contributed by atoms with E-state index in [9.17, 15) is 0 Å². The highest BCUT2D eigenvalue weighted by Gasteiger charge is 2.30. The van der Waals surface area contributed by atoms with Gasteiger partial charge in [0, 0.05) is 12.6 Å². The normalized spacial score (nSPS) is 23.9. The van der Waals surface area contributed by atoms with Crippen LogP contribution in [0.3, 0.4) is 0 Å². The molecule has 1 aliphatic carbocycles. The van der Waals surface area contributed by atoms with E-state index >= 15 is 0 Å². The van der Waals surface area contributed by atoms with Gasteiger partial charge < -0.3 is 10.4 Å². The van der Waals surface area contributed by atoms with Crippen LogP contribution in [-0.2, 0) is 0 Å². The average molecular weight is 261 g/mol. The van der Waals surface area contributed by atoms with Gasteiger partial charge in [-0.2, -0.15) is 0 Å². The lowest BCUT2D eigenvalue weighted by molar-refractivity contribution is 0.231. The Balaban J connectivity index is 1.73. The van der Waals surface area contributed by atoms with Crippen molar-refractivity contribution >= 4 is 0 Å². The molecular weight excluding hydrogens is 234 g/mol. The van der Waals surface area contributed by atoms with Crippen molar-refractivity contribution in [1.82, 2.24) is 5.32 Å². The molecule has 0 aromatic heterocycles. The van der Waals surface area contributed by atoms with E-state index < -0.39 is 0 Å². The Morgan fingerprint density at radius 2 is 2.05 bits per heavy atom. The van der Waals surface area contributed by atoms with Gasteiger partial charge in [-0.05, 0) is 55.7 Å². The largest absolute Gasteiger partial charge is 0.396 e. The first-order valence-electron chi connectivity index (χ1n) is 7.64. The Kier molecular flexibility index (Phi) is 5.41. The van der Waals surface area contributed by atoms with Gasteiger partial charge in [0.1, 0.15) is 0 Å². The predicted molar refractivity (Wildman–Crippen MR) is 80.4 cm³/mol. The summed E-state index contributed by atoms with van der Waals surface area (Å²) in [5, 5.41) is 12.7. The third-order valence-corrected chi connectivity index (χ3v) is 4.58. The van der Waals surface area contributed by atoms with Crippen LogP contribution < -0.4 is 5.32 Å². The quantitative estimate of drug-likeness (QED) is 0.790. The second kappa shape index (κ2) is 7.06. The number of aliphatic hydroxyl groups is 1. The van der Waals surface area contributed by atoms with Crippen molar-refractivity contribution in [3.05, 3.63) is 35.4 Å². The molecule has 0 bridgehead atoms. The van der Waals surface area contributed by atoms with Gasteiger partial charge in [0.15, 0.2) is 0 Å². The summed E-state index contributed by atoms with van der Waals surface area (Å²) in [5.74, 6) is 1.37. The molecule has 2 N–H and O–H groups in total. The highest BCUT2D eigenvalue weighted by Crippen LogP contribution is 2.38. The van der Waals surface area contributed by atoms with E-state index in [0.29, 0.717) is 18.6 Å². The first-order valence-corrected chi connectivity index (χ1v) is 7.64. The predicted octanol–water partition coefficient (Wildman–Crippen LogP) is 3.24. The molecular formula is C17H27NO. The number of aryl methyl sites for hydroxylation is 1. The molecule has 0 saturated heterocycles. The lowest BCUT2D eigenvalue weighted by Gasteiger charge is -2.38. The van der Waals surface area contributed by atoms with Crippen LogP contribution >= 0.6 is 0 Å². The Bertz CT molecular complexity index is 385. The van der Waals surface area contributed by atoms with Crippen molar-refractivity contribution < 1.29 is 5.11 Å². The molecule has 1 saturated carbocycles. The summed E-state index contributed by atoms with van der Waals surface area (Å²) in [7, 11) is 0. The second-order valence-corrected chi connectivity index (χ2v) is 5.92. The molecule has 1 aliphatic rings. The molecule has 1 fully saturated rings. The number of nitrogens with one attached hydrogen (secondary N) is 1. The Hall–Kier alpha value is -0.860. The maximum absolute atomic E-state index is 9.00. The van der Waals surface area contributed by atoms with Crippen molar-refractivity contribution in [2.45, 2.75) is 51.5 Å². The summed E-state index contributed by atoms with van der Waals surface area (Å²) in [6, 6.07) is 9.43. The van der Waals surface area contributed by atoms with Gasteiger partial charge >= 0.3 is 0 Å². The zero-order valence-corrected chi connectivity index (χ0v) is 12.2. The van der Waals surface area contributed by atoms with Gasteiger partial charge in [0.2, 0.25) is 0 Å². The van der Waals surface area contributed by atoms with E-state index in [4.69, 9.17) is 5.11 Å². The summed E-state index contributed by atoms with van der Waals surface area (Å²) in [6.45, 7) is 5.79. The molecule has 1 aromatic carbocycles. The molecule has 0 heterocycles. The Labute approximate surface area is 117 Å². The smallest absolute Gasteiger partial charge is 0.0434 e. The maximum atomic E-state index is 9.00. The van der Waals surface area contributed by atoms with Crippen molar-refractivity contribution in [2.24, 2.45) is 5.92 Å². The Morgan fingerprint density at radius 1 is 1.32 bits per heavy atom. The molecule has 19 heavy (non-hydrogen) atoms. The van der Waals surface area contributed by atoms with Crippen molar-refractivity contribution in [1.29, 1.82) is 0 Å². The standard InChI is InChI=1S/C17H27NO/c1-3-14(8-9-19)12-18-16-10-15(11-16)17-7-5-4-6-13(17)2/h4-7,14-16,18-19H,3,8-12H2,1-2H3. The summed E-state index contributed by atoms with van der Waals surface area (Å²) >= 11 is 0. The van der Waals surface area contributed by atoms with E-state index in [1.165, 1.54) is 24.0 Å². The maximum Gasteiger partial charge on any atom is 0.0434 e. The van der Waals surface area contributed by atoms with E-state index in [1.807, 2.05) is 0 Å². The van der Waals surface area contributed by atoms with E-state index in [2.05, 4.69) is 43.4 Å². The molecule has 1 aromatic rings. The van der Waals surface area contributed by atoms with Crippen molar-refractivity contribution in [3.8, 4) is 0 Å². The highest BCUT2D eigenvalue weighted by molar-refractivity contribution is 5.31. The van der Waals surface area contributed by atoms with Crippen LogP contribution in [0.1, 0.15) is 49.7 Å². The molecule has 1 atom stereocenters. The monoisotopic (exact) mass is 261 g/mol. The average Bonchev–Trinajstić information content (AvgIpc) is 2.37. The third-order valence-electron chi connectivity index (χ3n) is 4.58. The van der Waals surface area contributed by atoms with Crippen LogP contribution in [0.5, 0.6) is 0 Å². The van der Waals surface area contributed by atoms with Gasteiger partial charge in [0.05, 0.1) is 0 Å². The fourth-order valence-corrected chi connectivity index (χ4v) is 3.05. The van der Waals surface area contributed by atoms with Crippen LogP contribution in [0.4, 0.5) is 0 Å². The molecule has 0 radical (unpaired) electrons. The van der Waals surface area contributed by atoms with Gasteiger partial charge in [-0.3, -0.25) is 0 Å². The number of rotatable bonds is 7. The first kappa shape index (κ1) is 14.5. The lowest BCUT2D eigenvalue weighted by Crippen LogP contribution is -2.42. The summed E-state index contributed by atoms with van der Waals surface area (Å²) in [5.41, 5.74) is 2.96. The summed E-state index contributed by atoms with van der Waals surface area (Å²) < 4.78 is 0. The summed E-state index contributed by atoms with van der Waals surface area (Å²) in [4.78, 5) is 0. The van der Waals surface area contributed by atoms with Gasteiger partial charge in [0.25, 0.3) is 0 Å². The fraction of sp³-hybridized carbons (Fsp3) is 0.647. The van der Waals surface area contributed by atoms with Crippen LogP contribution in [0.2, 0.25) is 0 Å². The first-order chi connectivity index (χ1) is 9.24. The minimum Gasteiger partial charge on any atom is -0.396 e. The minimum atomic E-state index is 0.316. The van der Waals surface area contributed by atoms with Crippen LogP contribution in [-0.4, -0.2) is 24.3 Å². The van der Waals surface area contributed by atoms with Crippen molar-refractivity contribution in [3.63, 3.8) is 0 Å². The third kappa shape index (κ3) is 3.80. The van der Waals surface area contributed by atoms with Gasteiger partial charge in [-0.1, -0.05) is 37.6 Å². The zero-order valence-electron chi connectivity index (χ0n) is 12.2. The molecule has 106 valence electrons. The number of aliphatic hydroxyl groups excluding tert-OH is 1. The topological polar surface area (TPSA) is 32.3 Å². The zero-order chi connectivity index (χ0) is 13.7. The highest BCUT2D eigenvalue weighted by atomic mass is 16.3. The molecule has 2 nitrogen and oxygen atoms in total. The minimum absolute atomic E-state index is 0.316. The number of benzene rings is 1. The Morgan fingerprint density at radius 3 is 2.68 bits per heavy atom. The van der Waals surface area contributed by atoms with E-state index in [-0.39, 0.29) is 0 Å². The van der Waals surface area contributed by atoms with Gasteiger partial charge in [-0.15, -0.1) is 0 Å². The number of hydrogen-bond donors (Lipinski definition) is 2. The van der Waals surface area contributed by atoms with Crippen LogP contribution in [0.25, 0.3) is 0 Å². The molecule has 2 rings (SSSR count). The lowest BCUT2D eigenvalue weighted by atomic mass is 9.74. The molecule has 0 spiro atoms. The van der Waals surface area contributed by atoms with Crippen LogP contribution in [0.15, 0.2) is 24.3 Å². The molecule has 0 aliphatic heterocycles. The molecule has 2 heteroatoms. The van der Waals surface area contributed by atoms with Gasteiger partial charge in [-0.25, -0.2) is 0 Å². The molecule has 0 amide bonds. The van der Waals surface area contributed by atoms with E-state index in [1.54, 1.807) is 0 Å². The fourth-order valence-electron chi connectivity index (χ4n) is 3.05. The van der Waals surface area contributed by atoms with Crippen LogP contribution in [0, 0.1) is 12.8 Å². The number of hydrogen-bond acceptors (Lipinski definition) is 2. The summed E-state index contributed by atoms with van der Waals surface area (Å²) in [6.07, 6.45) is 4.61. The molecule has 1 unspecified atom stereocenters. The van der Waals surface area contributed by atoms with E-state index in [0.717, 1.165) is 25.3 Å². The SMILES string of the molecule is CCC(CCO)CNC1CC(c2ccccc2C)C1. The van der Waals surface area contributed by atoms with Crippen molar-refractivity contribution in [2.75, 3.05) is 13.2 Å².